The van der Waals surface area contributed by atoms with Crippen LogP contribution in [0.4, 0.5) is 4.39 Å². The van der Waals surface area contributed by atoms with Gasteiger partial charge in [0, 0.05) is 23.8 Å². The molecular formula is C17H15FN2. The fraction of sp³-hybridized carbons (Fsp3) is 0.118. The Morgan fingerprint density at radius 2 is 1.80 bits per heavy atom. The lowest BCUT2D eigenvalue weighted by molar-refractivity contribution is 0.637. The first-order chi connectivity index (χ1) is 9.75. The first-order valence-corrected chi connectivity index (χ1v) is 6.57. The second-order valence-electron chi connectivity index (χ2n) is 4.85. The number of fused-ring (bicyclic) bond motifs is 1. The molecule has 2 nitrogen and oxygen atoms in total. The Labute approximate surface area is 117 Å². The van der Waals surface area contributed by atoms with Gasteiger partial charge in [0.2, 0.25) is 0 Å². The number of nitrogens with two attached hydrogens (primary N) is 1. The van der Waals surface area contributed by atoms with Gasteiger partial charge in [-0.1, -0.05) is 36.4 Å². The van der Waals surface area contributed by atoms with E-state index in [1.165, 1.54) is 6.07 Å². The molecular weight excluding hydrogens is 251 g/mol. The normalized spacial score (nSPS) is 12.5. The largest absolute Gasteiger partial charge is 0.324 e. The summed E-state index contributed by atoms with van der Waals surface area (Å²) in [6.45, 7) is 0. The maximum absolute atomic E-state index is 13.8. The molecule has 0 bridgehead atoms. The van der Waals surface area contributed by atoms with Crippen LogP contribution in [-0.4, -0.2) is 4.98 Å². The Kier molecular flexibility index (Phi) is 3.44. The molecule has 20 heavy (non-hydrogen) atoms. The number of rotatable bonds is 3. The van der Waals surface area contributed by atoms with Gasteiger partial charge in [0.15, 0.2) is 0 Å². The predicted molar refractivity (Wildman–Crippen MR) is 78.8 cm³/mol. The number of halogens is 1. The summed E-state index contributed by atoms with van der Waals surface area (Å²) in [6.07, 6.45) is 4.23. The summed E-state index contributed by atoms with van der Waals surface area (Å²) < 4.78 is 13.8. The first-order valence-electron chi connectivity index (χ1n) is 6.57. The van der Waals surface area contributed by atoms with E-state index in [0.717, 1.165) is 16.5 Å². The van der Waals surface area contributed by atoms with Crippen LogP contribution in [0.25, 0.3) is 10.8 Å². The molecule has 100 valence electrons. The number of hydrogen-bond donors (Lipinski definition) is 1. The van der Waals surface area contributed by atoms with Crippen molar-refractivity contribution in [3.63, 3.8) is 0 Å². The lowest BCUT2D eigenvalue weighted by Gasteiger charge is -2.15. The summed E-state index contributed by atoms with van der Waals surface area (Å²) in [6, 6.07) is 14.4. The molecule has 2 N–H and O–H groups in total. The third-order valence-electron chi connectivity index (χ3n) is 3.48. The van der Waals surface area contributed by atoms with Crippen LogP contribution in [0.15, 0.2) is 60.9 Å². The van der Waals surface area contributed by atoms with Gasteiger partial charge in [0.25, 0.3) is 0 Å². The zero-order valence-electron chi connectivity index (χ0n) is 11.0. The number of nitrogens with zero attached hydrogens (tertiary/aromatic N) is 1. The van der Waals surface area contributed by atoms with Crippen molar-refractivity contribution in [1.82, 2.24) is 4.98 Å². The van der Waals surface area contributed by atoms with Crippen LogP contribution in [0.3, 0.4) is 0 Å². The second-order valence-corrected chi connectivity index (χ2v) is 4.85. The maximum atomic E-state index is 13.8. The van der Waals surface area contributed by atoms with Crippen LogP contribution in [0.1, 0.15) is 17.2 Å². The fourth-order valence-electron chi connectivity index (χ4n) is 2.49. The molecule has 0 radical (unpaired) electrons. The van der Waals surface area contributed by atoms with Crippen molar-refractivity contribution in [3.05, 3.63) is 77.9 Å². The third kappa shape index (κ3) is 2.40. The van der Waals surface area contributed by atoms with Gasteiger partial charge in [-0.25, -0.2) is 4.39 Å². The van der Waals surface area contributed by atoms with Crippen molar-refractivity contribution >= 4 is 10.8 Å². The highest BCUT2D eigenvalue weighted by Gasteiger charge is 2.12. The zero-order chi connectivity index (χ0) is 13.9. The van der Waals surface area contributed by atoms with E-state index in [0.29, 0.717) is 11.8 Å². The van der Waals surface area contributed by atoms with Crippen molar-refractivity contribution in [2.24, 2.45) is 5.73 Å². The molecule has 0 aliphatic carbocycles. The van der Waals surface area contributed by atoms with Crippen LogP contribution in [0.2, 0.25) is 0 Å². The predicted octanol–water partition coefficient (Wildman–Crippen LogP) is 3.62. The lowest BCUT2D eigenvalue weighted by atomic mass is 9.95. The minimum Gasteiger partial charge on any atom is -0.324 e. The molecule has 0 aliphatic rings. The van der Waals surface area contributed by atoms with E-state index in [2.05, 4.69) is 4.98 Å². The molecule has 1 unspecified atom stereocenters. The van der Waals surface area contributed by atoms with E-state index in [9.17, 15) is 4.39 Å². The smallest absolute Gasteiger partial charge is 0.131 e. The molecule has 0 saturated carbocycles. The van der Waals surface area contributed by atoms with Gasteiger partial charge in [0.1, 0.15) is 5.82 Å². The van der Waals surface area contributed by atoms with Gasteiger partial charge >= 0.3 is 0 Å². The van der Waals surface area contributed by atoms with E-state index >= 15 is 0 Å². The number of benzene rings is 2. The van der Waals surface area contributed by atoms with Gasteiger partial charge < -0.3 is 5.73 Å². The Morgan fingerprint density at radius 3 is 2.55 bits per heavy atom. The number of pyridine rings is 1. The van der Waals surface area contributed by atoms with Crippen LogP contribution in [0, 0.1) is 5.82 Å². The Bertz CT molecular complexity index is 725. The van der Waals surface area contributed by atoms with Crippen LogP contribution in [0.5, 0.6) is 0 Å². The number of hydrogen-bond acceptors (Lipinski definition) is 2. The van der Waals surface area contributed by atoms with Crippen molar-refractivity contribution in [2.45, 2.75) is 12.5 Å². The Morgan fingerprint density at radius 1 is 1.00 bits per heavy atom. The molecule has 0 saturated heterocycles. The minimum absolute atomic E-state index is 0.176. The lowest BCUT2D eigenvalue weighted by Crippen LogP contribution is -2.14. The summed E-state index contributed by atoms with van der Waals surface area (Å²) in [5.74, 6) is -0.210. The molecule has 3 rings (SSSR count). The van der Waals surface area contributed by atoms with E-state index in [1.54, 1.807) is 18.3 Å². The summed E-state index contributed by atoms with van der Waals surface area (Å²) in [5, 5.41) is 1.50. The Hall–Kier alpha value is -2.26. The summed E-state index contributed by atoms with van der Waals surface area (Å²) in [5.41, 5.74) is 8.33. The fourth-order valence-corrected chi connectivity index (χ4v) is 2.49. The molecule has 0 spiro atoms. The quantitative estimate of drug-likeness (QED) is 0.786. The average molecular weight is 266 g/mol. The molecule has 0 aliphatic heterocycles. The van der Waals surface area contributed by atoms with E-state index in [4.69, 9.17) is 5.73 Å². The van der Waals surface area contributed by atoms with E-state index in [1.807, 2.05) is 36.5 Å². The summed E-state index contributed by atoms with van der Waals surface area (Å²) in [4.78, 5) is 4.09. The van der Waals surface area contributed by atoms with Crippen LogP contribution >= 0.6 is 0 Å². The average Bonchev–Trinajstić information content (AvgIpc) is 2.49. The zero-order valence-corrected chi connectivity index (χ0v) is 11.0. The van der Waals surface area contributed by atoms with Crippen molar-refractivity contribution in [3.8, 4) is 0 Å². The highest BCUT2D eigenvalue weighted by molar-refractivity contribution is 5.86. The van der Waals surface area contributed by atoms with Gasteiger partial charge in [-0.3, -0.25) is 4.98 Å². The highest BCUT2D eigenvalue weighted by atomic mass is 19.1. The number of aromatic nitrogens is 1. The molecule has 0 fully saturated rings. The Balaban J connectivity index is 2.00. The topological polar surface area (TPSA) is 38.9 Å². The molecule has 3 aromatic rings. The minimum atomic E-state index is -0.210. The van der Waals surface area contributed by atoms with E-state index < -0.39 is 0 Å². The van der Waals surface area contributed by atoms with Crippen LogP contribution in [-0.2, 0) is 6.42 Å². The van der Waals surface area contributed by atoms with Gasteiger partial charge in [-0.05, 0) is 35.1 Å². The summed E-state index contributed by atoms with van der Waals surface area (Å²) >= 11 is 0. The molecule has 2 aromatic carbocycles. The highest BCUT2D eigenvalue weighted by Crippen LogP contribution is 2.27. The van der Waals surface area contributed by atoms with Gasteiger partial charge in [-0.2, -0.15) is 0 Å². The van der Waals surface area contributed by atoms with Gasteiger partial charge in [0.05, 0.1) is 0 Å². The molecule has 1 atom stereocenters. The summed E-state index contributed by atoms with van der Waals surface area (Å²) in [7, 11) is 0. The van der Waals surface area contributed by atoms with Crippen LogP contribution < -0.4 is 5.73 Å². The van der Waals surface area contributed by atoms with E-state index in [-0.39, 0.29) is 11.9 Å². The first kappa shape index (κ1) is 12.8. The van der Waals surface area contributed by atoms with Crippen molar-refractivity contribution in [1.29, 1.82) is 0 Å². The molecule has 1 heterocycles. The van der Waals surface area contributed by atoms with Crippen molar-refractivity contribution in [2.75, 3.05) is 0 Å². The van der Waals surface area contributed by atoms with Gasteiger partial charge in [-0.15, -0.1) is 0 Å². The molecule has 1 aromatic heterocycles. The van der Waals surface area contributed by atoms with Crippen molar-refractivity contribution < 1.29 is 4.39 Å². The monoisotopic (exact) mass is 266 g/mol. The second kappa shape index (κ2) is 5.39. The maximum Gasteiger partial charge on any atom is 0.131 e. The third-order valence-corrected chi connectivity index (χ3v) is 3.48. The molecule has 3 heteroatoms. The standard InChI is InChI=1S/C17H15FN2/c18-16-8-7-15(13-5-1-2-6-14(13)16)17(19)10-12-4-3-9-20-11-12/h1-9,11,17H,10,19H2. The molecule has 0 amide bonds. The SMILES string of the molecule is NC(Cc1cccnc1)c1ccc(F)c2ccccc12.